The predicted molar refractivity (Wildman–Crippen MR) is 94.6 cm³/mol. The third-order valence-corrected chi connectivity index (χ3v) is 5.45. The Hall–Kier alpha value is -1.82. The number of ether oxygens (including phenoxy) is 1. The number of nitrogens with zero attached hydrogens (tertiary/aromatic N) is 1. The Morgan fingerprint density at radius 2 is 1.58 bits per heavy atom. The SMILES string of the molecule is OC1(Cc2cc(F)cc(F)c2)CC2COCC(C1)N2Cc1ccccc1. The maximum Gasteiger partial charge on any atom is 0.126 e. The molecule has 5 heteroatoms. The van der Waals surface area contributed by atoms with Crippen molar-refractivity contribution in [2.24, 2.45) is 0 Å². The highest BCUT2D eigenvalue weighted by atomic mass is 19.1. The molecule has 1 N–H and O–H groups in total. The Labute approximate surface area is 152 Å². The number of fused-ring (bicyclic) bond motifs is 2. The number of rotatable bonds is 4. The molecular formula is C21H23F2NO2. The summed E-state index contributed by atoms with van der Waals surface area (Å²) in [6.07, 6.45) is 1.33. The fraction of sp³-hybridized carbons (Fsp3) is 0.429. The lowest BCUT2D eigenvalue weighted by molar-refractivity contribution is -0.145. The van der Waals surface area contributed by atoms with E-state index in [-0.39, 0.29) is 18.5 Å². The Morgan fingerprint density at radius 1 is 0.962 bits per heavy atom. The molecule has 2 heterocycles. The Bertz CT molecular complexity index is 734. The van der Waals surface area contributed by atoms with Crippen LogP contribution in [0, 0.1) is 11.6 Å². The lowest BCUT2D eigenvalue weighted by Gasteiger charge is -2.51. The van der Waals surface area contributed by atoms with E-state index in [4.69, 9.17) is 4.74 Å². The summed E-state index contributed by atoms with van der Waals surface area (Å²) in [5.74, 6) is -1.21. The van der Waals surface area contributed by atoms with E-state index in [2.05, 4.69) is 17.0 Å². The molecule has 2 aliphatic heterocycles. The number of morpholine rings is 1. The summed E-state index contributed by atoms with van der Waals surface area (Å²) in [6.45, 7) is 1.97. The van der Waals surface area contributed by atoms with Gasteiger partial charge < -0.3 is 9.84 Å². The van der Waals surface area contributed by atoms with Crippen molar-refractivity contribution in [3.63, 3.8) is 0 Å². The summed E-state index contributed by atoms with van der Waals surface area (Å²) in [4.78, 5) is 2.40. The molecule has 2 aromatic carbocycles. The topological polar surface area (TPSA) is 32.7 Å². The van der Waals surface area contributed by atoms with Crippen LogP contribution in [-0.4, -0.2) is 40.9 Å². The molecule has 0 aromatic heterocycles. The van der Waals surface area contributed by atoms with E-state index >= 15 is 0 Å². The molecule has 0 spiro atoms. The minimum atomic E-state index is -0.966. The van der Waals surface area contributed by atoms with E-state index in [0.717, 1.165) is 12.6 Å². The summed E-state index contributed by atoms with van der Waals surface area (Å²) < 4.78 is 32.7. The summed E-state index contributed by atoms with van der Waals surface area (Å²) in [7, 11) is 0. The van der Waals surface area contributed by atoms with E-state index < -0.39 is 17.2 Å². The second kappa shape index (κ2) is 7.06. The number of piperidine rings is 1. The summed E-state index contributed by atoms with van der Waals surface area (Å²) in [5.41, 5.74) is 0.773. The molecule has 0 radical (unpaired) electrons. The molecular weight excluding hydrogens is 336 g/mol. The summed E-state index contributed by atoms with van der Waals surface area (Å²) >= 11 is 0. The molecule has 2 aliphatic rings. The van der Waals surface area contributed by atoms with Crippen molar-refractivity contribution in [3.8, 4) is 0 Å². The van der Waals surface area contributed by atoms with Crippen molar-refractivity contribution in [1.29, 1.82) is 0 Å². The van der Waals surface area contributed by atoms with Crippen LogP contribution >= 0.6 is 0 Å². The van der Waals surface area contributed by atoms with Gasteiger partial charge in [-0.3, -0.25) is 4.90 Å². The van der Waals surface area contributed by atoms with Crippen LogP contribution in [0.3, 0.4) is 0 Å². The third-order valence-electron chi connectivity index (χ3n) is 5.45. The quantitative estimate of drug-likeness (QED) is 0.909. The molecule has 0 aliphatic carbocycles. The molecule has 3 nitrogen and oxygen atoms in total. The standard InChI is InChI=1S/C21H23F2NO2/c22-17-6-16(7-18(23)8-17)9-21(25)10-19-13-26-14-20(11-21)24(19)12-15-4-2-1-3-5-15/h1-8,19-20,25H,9-14H2. The van der Waals surface area contributed by atoms with Crippen molar-refractivity contribution >= 4 is 0 Å². The minimum absolute atomic E-state index is 0.103. The van der Waals surface area contributed by atoms with Crippen molar-refractivity contribution in [2.75, 3.05) is 13.2 Å². The molecule has 2 bridgehead atoms. The van der Waals surface area contributed by atoms with Gasteiger partial charge in [0.05, 0.1) is 18.8 Å². The predicted octanol–water partition coefficient (Wildman–Crippen LogP) is 3.30. The fourth-order valence-electron chi connectivity index (χ4n) is 4.43. The van der Waals surface area contributed by atoms with Crippen LogP contribution in [0.1, 0.15) is 24.0 Å². The van der Waals surface area contributed by atoms with Crippen LogP contribution in [0.25, 0.3) is 0 Å². The van der Waals surface area contributed by atoms with Gasteiger partial charge in [0, 0.05) is 31.1 Å². The van der Waals surface area contributed by atoms with Crippen molar-refractivity contribution in [2.45, 2.75) is 43.5 Å². The molecule has 2 unspecified atom stereocenters. The Kier molecular flexibility index (Phi) is 4.78. The molecule has 0 amide bonds. The fourth-order valence-corrected chi connectivity index (χ4v) is 4.43. The lowest BCUT2D eigenvalue weighted by Crippen LogP contribution is -2.61. The number of hydrogen-bond donors (Lipinski definition) is 1. The van der Waals surface area contributed by atoms with Crippen LogP contribution in [0.2, 0.25) is 0 Å². The van der Waals surface area contributed by atoms with Gasteiger partial charge in [-0.1, -0.05) is 30.3 Å². The van der Waals surface area contributed by atoms with E-state index in [1.807, 2.05) is 18.2 Å². The maximum absolute atomic E-state index is 13.5. The Morgan fingerprint density at radius 3 is 2.19 bits per heavy atom. The average molecular weight is 359 g/mol. The summed E-state index contributed by atoms with van der Waals surface area (Å²) in [6, 6.07) is 13.9. The monoisotopic (exact) mass is 359 g/mol. The van der Waals surface area contributed by atoms with Crippen molar-refractivity contribution in [3.05, 3.63) is 71.3 Å². The Balaban J connectivity index is 1.51. The van der Waals surface area contributed by atoms with Crippen LogP contribution < -0.4 is 0 Å². The van der Waals surface area contributed by atoms with E-state index in [9.17, 15) is 13.9 Å². The molecule has 2 saturated heterocycles. The first-order valence-electron chi connectivity index (χ1n) is 9.06. The van der Waals surface area contributed by atoms with E-state index in [1.165, 1.54) is 17.7 Å². The molecule has 2 atom stereocenters. The van der Waals surface area contributed by atoms with Gasteiger partial charge in [-0.15, -0.1) is 0 Å². The van der Waals surface area contributed by atoms with Crippen LogP contribution in [-0.2, 0) is 17.7 Å². The number of benzene rings is 2. The van der Waals surface area contributed by atoms with Gasteiger partial charge in [-0.05, 0) is 36.1 Å². The second-order valence-electron chi connectivity index (χ2n) is 7.59. The van der Waals surface area contributed by atoms with E-state index in [1.54, 1.807) is 0 Å². The molecule has 4 rings (SSSR count). The second-order valence-corrected chi connectivity index (χ2v) is 7.59. The highest BCUT2D eigenvalue weighted by Gasteiger charge is 2.46. The largest absolute Gasteiger partial charge is 0.389 e. The third kappa shape index (κ3) is 3.80. The smallest absolute Gasteiger partial charge is 0.126 e. The zero-order chi connectivity index (χ0) is 18.1. The van der Waals surface area contributed by atoms with Gasteiger partial charge in [-0.25, -0.2) is 8.78 Å². The molecule has 2 aromatic rings. The molecule has 0 saturated carbocycles. The van der Waals surface area contributed by atoms with Gasteiger partial charge >= 0.3 is 0 Å². The lowest BCUT2D eigenvalue weighted by atomic mass is 9.77. The van der Waals surface area contributed by atoms with Gasteiger partial charge in [-0.2, -0.15) is 0 Å². The highest BCUT2D eigenvalue weighted by molar-refractivity contribution is 5.21. The first-order valence-corrected chi connectivity index (χ1v) is 9.06. The maximum atomic E-state index is 13.5. The first kappa shape index (κ1) is 17.6. The van der Waals surface area contributed by atoms with E-state index in [0.29, 0.717) is 31.6 Å². The van der Waals surface area contributed by atoms with Gasteiger partial charge in [0.1, 0.15) is 11.6 Å². The van der Waals surface area contributed by atoms with Crippen LogP contribution in [0.5, 0.6) is 0 Å². The average Bonchev–Trinajstić information content (AvgIpc) is 2.56. The zero-order valence-electron chi connectivity index (χ0n) is 14.6. The summed E-state index contributed by atoms with van der Waals surface area (Å²) in [5, 5.41) is 11.2. The minimum Gasteiger partial charge on any atom is -0.389 e. The van der Waals surface area contributed by atoms with Gasteiger partial charge in [0.2, 0.25) is 0 Å². The zero-order valence-corrected chi connectivity index (χ0v) is 14.6. The number of aliphatic hydroxyl groups is 1. The van der Waals surface area contributed by atoms with Gasteiger partial charge in [0.25, 0.3) is 0 Å². The number of hydrogen-bond acceptors (Lipinski definition) is 3. The van der Waals surface area contributed by atoms with Crippen LogP contribution in [0.4, 0.5) is 8.78 Å². The highest BCUT2D eigenvalue weighted by Crippen LogP contribution is 2.37. The van der Waals surface area contributed by atoms with Gasteiger partial charge in [0.15, 0.2) is 0 Å². The molecule has 26 heavy (non-hydrogen) atoms. The molecule has 138 valence electrons. The normalized spacial score (nSPS) is 28.9. The van der Waals surface area contributed by atoms with Crippen molar-refractivity contribution in [1.82, 2.24) is 4.90 Å². The first-order chi connectivity index (χ1) is 12.5. The molecule has 2 fully saturated rings. The van der Waals surface area contributed by atoms with Crippen LogP contribution in [0.15, 0.2) is 48.5 Å². The van der Waals surface area contributed by atoms with Crippen molar-refractivity contribution < 1.29 is 18.6 Å². The number of halogens is 2.